The molecule has 1 N–H and O–H groups in total. The number of rotatable bonds is 7. The van der Waals surface area contributed by atoms with Crippen molar-refractivity contribution in [3.05, 3.63) is 136 Å². The number of aromatic amines is 1. The van der Waals surface area contributed by atoms with E-state index in [1.165, 1.54) is 0 Å². The number of nitrogens with one attached hydrogen (secondary N) is 1. The number of ether oxygens (including phenoxy) is 2. The summed E-state index contributed by atoms with van der Waals surface area (Å²) in [4.78, 5) is 49.8. The van der Waals surface area contributed by atoms with Crippen LogP contribution in [0.25, 0.3) is 10.9 Å². The maximum atomic E-state index is 15.7. The van der Waals surface area contributed by atoms with Gasteiger partial charge < -0.3 is 19.4 Å². The molecule has 0 bridgehead atoms. The second kappa shape index (κ2) is 12.0. The Hall–Kier alpha value is -4.88. The monoisotopic (exact) mass is 646 g/mol. The number of hydrogen-bond acceptors (Lipinski definition) is 5. The fraction of sp³-hybridized carbons (Fsp3) is 0.256. The van der Waals surface area contributed by atoms with E-state index in [1.54, 1.807) is 30.9 Å². The first-order valence-electron chi connectivity index (χ1n) is 16.0. The quantitative estimate of drug-likeness (QED) is 0.184. The van der Waals surface area contributed by atoms with Gasteiger partial charge in [0, 0.05) is 33.2 Å². The summed E-state index contributed by atoms with van der Waals surface area (Å²) in [5.41, 5.74) is 4.54. The second-order valence-corrected chi connectivity index (χ2v) is 12.6. The third kappa shape index (κ3) is 4.75. The van der Waals surface area contributed by atoms with E-state index in [-0.39, 0.29) is 25.7 Å². The lowest BCUT2D eigenvalue weighted by atomic mass is 9.51. The van der Waals surface area contributed by atoms with Gasteiger partial charge in [0.2, 0.25) is 5.91 Å². The van der Waals surface area contributed by atoms with Crippen LogP contribution in [0.5, 0.6) is 0 Å². The zero-order valence-electron chi connectivity index (χ0n) is 26.5. The van der Waals surface area contributed by atoms with E-state index in [4.69, 9.17) is 21.1 Å². The van der Waals surface area contributed by atoms with Crippen LogP contribution in [0.2, 0.25) is 5.02 Å². The minimum atomic E-state index is -1.62. The predicted octanol–water partition coefficient (Wildman–Crippen LogP) is 7.59. The summed E-state index contributed by atoms with van der Waals surface area (Å²) < 4.78 is 11.5. The molecule has 0 saturated heterocycles. The number of H-pyrrole nitrogens is 1. The number of fused-ring (bicyclic) bond motifs is 5. The highest BCUT2D eigenvalue weighted by Crippen LogP contribution is 2.64. The van der Waals surface area contributed by atoms with Crippen molar-refractivity contribution in [3.63, 3.8) is 0 Å². The molecule has 8 heteroatoms. The molecule has 5 aromatic rings. The molecule has 1 aromatic heterocycles. The smallest absolute Gasteiger partial charge is 0.315 e. The van der Waals surface area contributed by atoms with Gasteiger partial charge in [-0.05, 0) is 67.3 Å². The average molecular weight is 647 g/mol. The van der Waals surface area contributed by atoms with Crippen LogP contribution in [0.15, 0.2) is 97.1 Å². The van der Waals surface area contributed by atoms with Crippen LogP contribution in [-0.4, -0.2) is 36.0 Å². The maximum Gasteiger partial charge on any atom is 0.315 e. The van der Waals surface area contributed by atoms with E-state index < -0.39 is 35.1 Å². The van der Waals surface area contributed by atoms with Crippen LogP contribution in [0.4, 0.5) is 5.69 Å². The topological polar surface area (TPSA) is 88.7 Å². The van der Waals surface area contributed by atoms with Crippen molar-refractivity contribution in [2.75, 3.05) is 18.1 Å². The minimum absolute atomic E-state index is 0.0695. The van der Waals surface area contributed by atoms with Crippen LogP contribution in [0, 0.1) is 12.8 Å². The van der Waals surface area contributed by atoms with Crippen molar-refractivity contribution in [3.8, 4) is 0 Å². The Labute approximate surface area is 278 Å². The molecule has 4 atom stereocenters. The largest absolute Gasteiger partial charge is 0.466 e. The number of para-hydroxylation sites is 1. The van der Waals surface area contributed by atoms with Crippen molar-refractivity contribution in [1.29, 1.82) is 0 Å². The molecular weight excluding hydrogens is 612 g/mol. The van der Waals surface area contributed by atoms with Crippen LogP contribution in [0.3, 0.4) is 0 Å². The van der Waals surface area contributed by atoms with Crippen molar-refractivity contribution in [2.24, 2.45) is 5.92 Å². The zero-order chi connectivity index (χ0) is 32.9. The van der Waals surface area contributed by atoms with Crippen molar-refractivity contribution in [2.45, 2.75) is 44.6 Å². The summed E-state index contributed by atoms with van der Waals surface area (Å²) >= 11 is 6.76. The first kappa shape index (κ1) is 30.8. The normalized spacial score (nSPS) is 21.5. The number of anilines is 1. The number of carbonyl (C=O) groups is 3. The molecule has 1 aliphatic carbocycles. The molecule has 0 saturated carbocycles. The molecule has 0 unspecified atom stereocenters. The van der Waals surface area contributed by atoms with Gasteiger partial charge in [0.1, 0.15) is 11.3 Å². The van der Waals surface area contributed by atoms with Crippen LogP contribution < -0.4 is 4.90 Å². The molecule has 7 nitrogen and oxygen atoms in total. The predicted molar refractivity (Wildman–Crippen MR) is 182 cm³/mol. The van der Waals surface area contributed by atoms with Crippen LogP contribution >= 0.6 is 11.6 Å². The maximum absolute atomic E-state index is 15.7. The molecule has 7 rings (SSSR count). The molecular formula is C39H35ClN2O5. The molecule has 0 radical (unpaired) electrons. The Bertz CT molecular complexity index is 2000. The molecule has 1 aliphatic heterocycles. The Morgan fingerprint density at radius 2 is 1.55 bits per heavy atom. The summed E-state index contributed by atoms with van der Waals surface area (Å²) in [5, 5.41) is 1.28. The fourth-order valence-electron chi connectivity index (χ4n) is 7.83. The summed E-state index contributed by atoms with van der Waals surface area (Å²) in [6.07, 6.45) is 0. The van der Waals surface area contributed by atoms with E-state index in [9.17, 15) is 9.59 Å². The van der Waals surface area contributed by atoms with Gasteiger partial charge in [-0.3, -0.25) is 14.4 Å². The van der Waals surface area contributed by atoms with Crippen LogP contribution in [0.1, 0.15) is 59.2 Å². The number of aryl methyl sites for hydroxylation is 1. The highest BCUT2D eigenvalue weighted by atomic mass is 35.5. The second-order valence-electron chi connectivity index (χ2n) is 12.2. The Morgan fingerprint density at radius 1 is 0.872 bits per heavy atom. The van der Waals surface area contributed by atoms with E-state index in [2.05, 4.69) is 4.98 Å². The van der Waals surface area contributed by atoms with E-state index in [1.807, 2.05) is 91.9 Å². The number of esters is 2. The molecule has 1 amide bonds. The van der Waals surface area contributed by atoms with Crippen molar-refractivity contribution in [1.82, 2.24) is 4.98 Å². The third-order valence-electron chi connectivity index (χ3n) is 9.63. The van der Waals surface area contributed by atoms with Gasteiger partial charge >= 0.3 is 11.9 Å². The lowest BCUT2D eigenvalue weighted by Crippen LogP contribution is -2.58. The SMILES string of the molecule is CCOC(=O)[C@H]1c2[nH]c3ccccc3c2[C@@H](c2ccc(C)cc2)[C@]2(C(=O)N(Cc3ccccc3)c3ccc(Cl)cc32)[C@H]1C(=O)OCC. The molecule has 2 heterocycles. The Kier molecular flexibility index (Phi) is 7.88. The summed E-state index contributed by atoms with van der Waals surface area (Å²) in [5.74, 6) is -4.68. The minimum Gasteiger partial charge on any atom is -0.466 e. The lowest BCUT2D eigenvalue weighted by molar-refractivity contribution is -0.163. The molecule has 2 aliphatic rings. The van der Waals surface area contributed by atoms with Gasteiger partial charge in [0.15, 0.2) is 0 Å². The summed E-state index contributed by atoms with van der Waals surface area (Å²) in [6, 6.07) is 30.9. The van der Waals surface area contributed by atoms with Crippen molar-refractivity contribution >= 4 is 46.0 Å². The number of benzene rings is 4. The van der Waals surface area contributed by atoms with Gasteiger partial charge in [-0.2, -0.15) is 0 Å². The Balaban J connectivity index is 1.63. The highest BCUT2D eigenvalue weighted by molar-refractivity contribution is 6.31. The average Bonchev–Trinajstić information content (AvgIpc) is 3.55. The molecule has 238 valence electrons. The lowest BCUT2D eigenvalue weighted by Gasteiger charge is -2.48. The number of carbonyl (C=O) groups excluding carboxylic acids is 3. The number of halogens is 1. The summed E-state index contributed by atoms with van der Waals surface area (Å²) in [6.45, 7) is 5.89. The number of amides is 1. The van der Waals surface area contributed by atoms with Gasteiger partial charge in [-0.1, -0.05) is 90.0 Å². The zero-order valence-corrected chi connectivity index (χ0v) is 27.2. The fourth-order valence-corrected chi connectivity index (χ4v) is 8.00. The Morgan fingerprint density at radius 3 is 2.28 bits per heavy atom. The molecule has 47 heavy (non-hydrogen) atoms. The van der Waals surface area contributed by atoms with Gasteiger partial charge in [0.25, 0.3) is 0 Å². The standard InChI is InChI=1S/C39H35ClN2O5/c1-4-46-36(43)32-34(37(44)47-5-2)39(28-21-26(40)19-20-30(28)42(38(39)45)22-24-11-7-6-8-12-24)33(25-17-15-23(3)16-18-25)31-27-13-9-10-14-29(27)41-35(31)32/h6-21,32-34,41H,4-5,22H2,1-3H3/t32-,33-,34-,39+/m1/s1. The first-order chi connectivity index (χ1) is 22.8. The highest BCUT2D eigenvalue weighted by Gasteiger charge is 2.69. The van der Waals surface area contributed by atoms with E-state index in [0.29, 0.717) is 22.0 Å². The third-order valence-corrected chi connectivity index (χ3v) is 9.86. The first-order valence-corrected chi connectivity index (χ1v) is 16.3. The molecule has 1 spiro atoms. The van der Waals surface area contributed by atoms with Crippen LogP contribution in [-0.2, 0) is 35.8 Å². The number of aromatic nitrogens is 1. The number of nitrogens with zero attached hydrogens (tertiary/aromatic N) is 1. The van der Waals surface area contributed by atoms with Crippen molar-refractivity contribution < 1.29 is 23.9 Å². The number of hydrogen-bond donors (Lipinski definition) is 1. The van der Waals surface area contributed by atoms with E-state index in [0.717, 1.165) is 33.2 Å². The van der Waals surface area contributed by atoms with Gasteiger partial charge in [0.05, 0.1) is 25.7 Å². The summed E-state index contributed by atoms with van der Waals surface area (Å²) in [7, 11) is 0. The molecule has 4 aromatic carbocycles. The van der Waals surface area contributed by atoms with E-state index >= 15 is 4.79 Å². The van der Waals surface area contributed by atoms with Gasteiger partial charge in [-0.15, -0.1) is 0 Å². The van der Waals surface area contributed by atoms with Gasteiger partial charge in [-0.25, -0.2) is 0 Å². The molecule has 0 fully saturated rings.